The van der Waals surface area contributed by atoms with Gasteiger partial charge in [-0.15, -0.1) is 0 Å². The Kier molecular flexibility index (Phi) is 6.67. The van der Waals surface area contributed by atoms with Crippen molar-refractivity contribution in [3.8, 4) is 5.75 Å². The fourth-order valence-corrected chi connectivity index (χ4v) is 1.70. The third-order valence-corrected chi connectivity index (χ3v) is 2.61. The van der Waals surface area contributed by atoms with Crippen LogP contribution in [0, 0.1) is 0 Å². The summed E-state index contributed by atoms with van der Waals surface area (Å²) in [5.74, 6) is 0.880. The van der Waals surface area contributed by atoms with Crippen molar-refractivity contribution in [1.82, 2.24) is 5.32 Å². The van der Waals surface area contributed by atoms with Crippen LogP contribution in [0.4, 0.5) is 0 Å². The highest BCUT2D eigenvalue weighted by Gasteiger charge is 2.10. The maximum atomic E-state index is 5.74. The Balaban J connectivity index is 2.60. The molecule has 1 atom stereocenters. The summed E-state index contributed by atoms with van der Waals surface area (Å²) in [5.41, 5.74) is 1.19. The summed E-state index contributed by atoms with van der Waals surface area (Å²) < 4.78 is 10.9. The summed E-state index contributed by atoms with van der Waals surface area (Å²) in [6.07, 6.45) is 1.26. The van der Waals surface area contributed by atoms with Gasteiger partial charge >= 0.3 is 0 Å². The molecule has 3 nitrogen and oxygen atoms in total. The first kappa shape index (κ1) is 14.0. The Hall–Kier alpha value is -1.06. The average Bonchev–Trinajstić information content (AvgIpc) is 2.38. The van der Waals surface area contributed by atoms with Crippen molar-refractivity contribution in [2.45, 2.75) is 26.4 Å². The second-order valence-electron chi connectivity index (χ2n) is 3.92. The second-order valence-corrected chi connectivity index (χ2v) is 3.92. The third-order valence-electron chi connectivity index (χ3n) is 2.61. The zero-order valence-electron chi connectivity index (χ0n) is 11.0. The molecule has 0 radical (unpaired) electrons. The van der Waals surface area contributed by atoms with Crippen molar-refractivity contribution < 1.29 is 9.47 Å². The highest BCUT2D eigenvalue weighted by Crippen LogP contribution is 2.20. The van der Waals surface area contributed by atoms with E-state index in [-0.39, 0.29) is 6.10 Å². The van der Waals surface area contributed by atoms with Gasteiger partial charge in [-0.1, -0.05) is 19.1 Å². The van der Waals surface area contributed by atoms with E-state index in [0.29, 0.717) is 0 Å². The fraction of sp³-hybridized carbons (Fsp3) is 0.571. The van der Waals surface area contributed by atoms with Gasteiger partial charge in [0, 0.05) is 13.2 Å². The lowest BCUT2D eigenvalue weighted by atomic mass is 10.1. The molecule has 96 valence electrons. The molecule has 1 N–H and O–H groups in total. The molecule has 0 spiro atoms. The quantitative estimate of drug-likeness (QED) is 0.705. The van der Waals surface area contributed by atoms with E-state index in [4.69, 9.17) is 9.47 Å². The van der Waals surface area contributed by atoms with Crippen LogP contribution in [0.1, 0.15) is 31.9 Å². The molecule has 0 aliphatic heterocycles. The molecule has 0 bridgehead atoms. The molecule has 0 aliphatic rings. The molecule has 0 saturated heterocycles. The van der Waals surface area contributed by atoms with Crippen LogP contribution < -0.4 is 10.1 Å². The van der Waals surface area contributed by atoms with Crippen molar-refractivity contribution >= 4 is 0 Å². The largest absolute Gasteiger partial charge is 0.497 e. The van der Waals surface area contributed by atoms with Crippen molar-refractivity contribution in [2.75, 3.05) is 26.8 Å². The van der Waals surface area contributed by atoms with Crippen LogP contribution in [0.25, 0.3) is 0 Å². The number of nitrogens with one attached hydrogen (secondary N) is 1. The lowest BCUT2D eigenvalue weighted by Crippen LogP contribution is -2.24. The van der Waals surface area contributed by atoms with Crippen molar-refractivity contribution in [3.05, 3.63) is 29.8 Å². The highest BCUT2D eigenvalue weighted by molar-refractivity contribution is 5.28. The molecule has 1 rings (SSSR count). The second kappa shape index (κ2) is 8.09. The summed E-state index contributed by atoms with van der Waals surface area (Å²) in [6, 6.07) is 8.07. The van der Waals surface area contributed by atoms with Crippen LogP contribution in [0.15, 0.2) is 24.3 Å². The maximum Gasteiger partial charge on any atom is 0.118 e. The van der Waals surface area contributed by atoms with E-state index >= 15 is 0 Å². The normalized spacial score (nSPS) is 12.4. The first-order valence-corrected chi connectivity index (χ1v) is 6.28. The van der Waals surface area contributed by atoms with E-state index in [1.165, 1.54) is 5.56 Å². The summed E-state index contributed by atoms with van der Waals surface area (Å²) in [5, 5.41) is 3.39. The molecular formula is C14H23NO2. The van der Waals surface area contributed by atoms with Crippen molar-refractivity contribution in [2.24, 2.45) is 0 Å². The number of rotatable bonds is 8. The minimum atomic E-state index is 0.123. The molecule has 0 heterocycles. The number of ether oxygens (including phenoxy) is 2. The zero-order valence-corrected chi connectivity index (χ0v) is 11.0. The molecular weight excluding hydrogens is 214 g/mol. The molecule has 17 heavy (non-hydrogen) atoms. The number of hydrogen-bond acceptors (Lipinski definition) is 3. The van der Waals surface area contributed by atoms with E-state index in [2.05, 4.69) is 24.4 Å². The Morgan fingerprint density at radius 1 is 1.18 bits per heavy atom. The van der Waals surface area contributed by atoms with E-state index in [9.17, 15) is 0 Å². The van der Waals surface area contributed by atoms with Crippen LogP contribution in [0.5, 0.6) is 5.75 Å². The Morgan fingerprint density at radius 3 is 2.41 bits per heavy atom. The smallest absolute Gasteiger partial charge is 0.118 e. The fourth-order valence-electron chi connectivity index (χ4n) is 1.70. The van der Waals surface area contributed by atoms with Crippen molar-refractivity contribution in [3.63, 3.8) is 0 Å². The van der Waals surface area contributed by atoms with E-state index in [1.807, 2.05) is 19.1 Å². The van der Waals surface area contributed by atoms with Gasteiger partial charge in [-0.25, -0.2) is 0 Å². The number of methoxy groups -OCH3 is 1. The van der Waals surface area contributed by atoms with Gasteiger partial charge in [0.2, 0.25) is 0 Å². The Morgan fingerprint density at radius 2 is 1.88 bits per heavy atom. The lowest BCUT2D eigenvalue weighted by Gasteiger charge is -2.18. The van der Waals surface area contributed by atoms with E-state index < -0.39 is 0 Å². The minimum absolute atomic E-state index is 0.123. The molecule has 1 unspecified atom stereocenters. The van der Waals surface area contributed by atoms with Gasteiger partial charge in [-0.05, 0) is 37.6 Å². The lowest BCUT2D eigenvalue weighted by molar-refractivity contribution is 0.0624. The molecule has 0 saturated carbocycles. The molecule has 0 amide bonds. The van der Waals surface area contributed by atoms with Gasteiger partial charge in [0.05, 0.1) is 13.2 Å². The standard InChI is InChI=1S/C14H23NO2/c1-4-10-15-11-14(17-5-2)12-6-8-13(16-3)9-7-12/h6-9,14-15H,4-5,10-11H2,1-3H3. The molecule has 1 aromatic rings. The number of benzene rings is 1. The highest BCUT2D eigenvalue weighted by atomic mass is 16.5. The predicted molar refractivity (Wildman–Crippen MR) is 70.5 cm³/mol. The maximum absolute atomic E-state index is 5.74. The topological polar surface area (TPSA) is 30.5 Å². The van der Waals surface area contributed by atoms with Crippen LogP contribution in [0.3, 0.4) is 0 Å². The third kappa shape index (κ3) is 4.75. The monoisotopic (exact) mass is 237 g/mol. The van der Waals surface area contributed by atoms with Gasteiger partial charge < -0.3 is 14.8 Å². The van der Waals surface area contributed by atoms with Crippen LogP contribution in [-0.4, -0.2) is 26.8 Å². The molecule has 1 aromatic carbocycles. The van der Waals surface area contributed by atoms with Gasteiger partial charge in [-0.2, -0.15) is 0 Å². The zero-order chi connectivity index (χ0) is 12.5. The Labute approximate surface area is 104 Å². The minimum Gasteiger partial charge on any atom is -0.497 e. The summed E-state index contributed by atoms with van der Waals surface area (Å²) in [4.78, 5) is 0. The number of hydrogen-bond donors (Lipinski definition) is 1. The summed E-state index contributed by atoms with van der Waals surface area (Å²) in [7, 11) is 1.68. The van der Waals surface area contributed by atoms with E-state index in [0.717, 1.165) is 31.9 Å². The molecule has 0 fully saturated rings. The van der Waals surface area contributed by atoms with Gasteiger partial charge in [-0.3, -0.25) is 0 Å². The van der Waals surface area contributed by atoms with Gasteiger partial charge in [0.25, 0.3) is 0 Å². The summed E-state index contributed by atoms with van der Waals surface area (Å²) >= 11 is 0. The molecule has 3 heteroatoms. The SMILES string of the molecule is CCCNCC(OCC)c1ccc(OC)cc1. The average molecular weight is 237 g/mol. The summed E-state index contributed by atoms with van der Waals surface area (Å²) in [6.45, 7) is 6.80. The first-order valence-electron chi connectivity index (χ1n) is 6.28. The van der Waals surface area contributed by atoms with Crippen LogP contribution >= 0.6 is 0 Å². The van der Waals surface area contributed by atoms with Gasteiger partial charge in [0.15, 0.2) is 0 Å². The predicted octanol–water partition coefficient (Wildman–Crippen LogP) is 2.77. The Bertz CT molecular complexity index is 298. The molecule has 0 aromatic heterocycles. The molecule has 0 aliphatic carbocycles. The van der Waals surface area contributed by atoms with Crippen molar-refractivity contribution in [1.29, 1.82) is 0 Å². The van der Waals surface area contributed by atoms with E-state index in [1.54, 1.807) is 7.11 Å². The van der Waals surface area contributed by atoms with Crippen LogP contribution in [-0.2, 0) is 4.74 Å². The van der Waals surface area contributed by atoms with Crippen LogP contribution in [0.2, 0.25) is 0 Å². The first-order chi connectivity index (χ1) is 8.31. The van der Waals surface area contributed by atoms with Gasteiger partial charge in [0.1, 0.15) is 5.75 Å².